The highest BCUT2D eigenvalue weighted by Gasteiger charge is 2.35. The molecule has 0 aromatic heterocycles. The molecule has 0 spiro atoms. The molecule has 0 amide bonds. The predicted octanol–water partition coefficient (Wildman–Crippen LogP) is 6.03. The van der Waals surface area contributed by atoms with Crippen molar-refractivity contribution in [3.05, 3.63) is 121 Å². The fourth-order valence-corrected chi connectivity index (χ4v) is 10.1. The zero-order valence-corrected chi connectivity index (χ0v) is 19.4. The average molecular weight is 426 g/mol. The molecular formula is C28H28P2. The maximum Gasteiger partial charge on any atom is -0.00257 e. The summed E-state index contributed by atoms with van der Waals surface area (Å²) in [6, 6.07) is 44.4. The highest BCUT2D eigenvalue weighted by atomic mass is 31.1. The van der Waals surface area contributed by atoms with Crippen LogP contribution in [0.2, 0.25) is 0 Å². The summed E-state index contributed by atoms with van der Waals surface area (Å²) >= 11 is 0. The summed E-state index contributed by atoms with van der Waals surface area (Å²) < 4.78 is 0. The molecule has 4 rings (SSSR count). The van der Waals surface area contributed by atoms with Crippen molar-refractivity contribution >= 4 is 37.1 Å². The van der Waals surface area contributed by atoms with Crippen LogP contribution < -0.4 is 21.2 Å². The molecule has 0 aliphatic rings. The number of rotatable bonds is 7. The largest absolute Gasteiger partial charge is 0.0622 e. The molecule has 0 nitrogen and oxygen atoms in total. The van der Waals surface area contributed by atoms with E-state index in [9.17, 15) is 0 Å². The standard InChI is InChI=1S/C28H28P2/c1-28(2,30(26-19-11-5-12-20-26)27-21-13-6-14-22-27)23-29(24-15-7-3-8-16-24)25-17-9-4-10-18-25/h3-22H,23H2,1-2H3. The Labute approximate surface area is 183 Å². The average Bonchev–Trinajstić information content (AvgIpc) is 2.80. The first-order chi connectivity index (χ1) is 14.6. The monoisotopic (exact) mass is 426 g/mol. The molecule has 0 atom stereocenters. The lowest BCUT2D eigenvalue weighted by atomic mass is 10.2. The first kappa shape index (κ1) is 21.0. The third kappa shape index (κ3) is 4.89. The molecule has 2 heteroatoms. The molecule has 0 saturated heterocycles. The van der Waals surface area contributed by atoms with Gasteiger partial charge in [0.1, 0.15) is 0 Å². The van der Waals surface area contributed by atoms with Gasteiger partial charge >= 0.3 is 0 Å². The highest BCUT2D eigenvalue weighted by Crippen LogP contribution is 2.53. The van der Waals surface area contributed by atoms with Crippen LogP contribution in [0.3, 0.4) is 0 Å². The van der Waals surface area contributed by atoms with E-state index in [2.05, 4.69) is 135 Å². The Hall–Kier alpha value is -2.26. The van der Waals surface area contributed by atoms with Gasteiger partial charge in [-0.3, -0.25) is 0 Å². The predicted molar refractivity (Wildman–Crippen MR) is 137 cm³/mol. The molecule has 4 aromatic carbocycles. The summed E-state index contributed by atoms with van der Waals surface area (Å²) in [6.45, 7) is 4.94. The first-order valence-corrected chi connectivity index (χ1v) is 13.3. The van der Waals surface area contributed by atoms with E-state index in [0.717, 1.165) is 6.16 Å². The van der Waals surface area contributed by atoms with Crippen molar-refractivity contribution in [2.45, 2.75) is 19.0 Å². The minimum atomic E-state index is -0.491. The summed E-state index contributed by atoms with van der Waals surface area (Å²) in [5, 5.41) is 5.99. The van der Waals surface area contributed by atoms with Crippen LogP contribution >= 0.6 is 15.8 Å². The van der Waals surface area contributed by atoms with Gasteiger partial charge in [-0.2, -0.15) is 0 Å². The molecule has 0 N–H and O–H groups in total. The van der Waals surface area contributed by atoms with Crippen LogP contribution in [0.4, 0.5) is 0 Å². The molecule has 0 radical (unpaired) electrons. The van der Waals surface area contributed by atoms with E-state index in [1.54, 1.807) is 0 Å². The fourth-order valence-electron chi connectivity index (χ4n) is 4.01. The number of hydrogen-bond acceptors (Lipinski definition) is 0. The van der Waals surface area contributed by atoms with E-state index in [4.69, 9.17) is 0 Å². The third-order valence-corrected chi connectivity index (χ3v) is 11.5. The Kier molecular flexibility index (Phi) is 6.79. The quantitative estimate of drug-likeness (QED) is 0.317. The van der Waals surface area contributed by atoms with Gasteiger partial charge in [0, 0.05) is 0 Å². The van der Waals surface area contributed by atoms with Gasteiger partial charge in [-0.15, -0.1) is 0 Å². The normalized spacial score (nSPS) is 11.7. The van der Waals surface area contributed by atoms with Crippen LogP contribution in [-0.2, 0) is 0 Å². The summed E-state index contributed by atoms with van der Waals surface area (Å²) in [5.74, 6) is 0. The Morgan fingerprint density at radius 3 is 1.10 bits per heavy atom. The van der Waals surface area contributed by atoms with Crippen LogP contribution in [-0.4, -0.2) is 11.3 Å². The van der Waals surface area contributed by atoms with E-state index in [0.29, 0.717) is 0 Å². The fraction of sp³-hybridized carbons (Fsp3) is 0.143. The van der Waals surface area contributed by atoms with Crippen LogP contribution in [0.15, 0.2) is 121 Å². The van der Waals surface area contributed by atoms with Crippen LogP contribution in [0.5, 0.6) is 0 Å². The van der Waals surface area contributed by atoms with Crippen molar-refractivity contribution in [3.8, 4) is 0 Å². The smallest absolute Gasteiger partial charge is 0.00257 e. The van der Waals surface area contributed by atoms with E-state index >= 15 is 0 Å². The SMILES string of the molecule is CC(C)(CP(c1ccccc1)c1ccccc1)P(c1ccccc1)c1ccccc1. The topological polar surface area (TPSA) is 0 Å². The zero-order valence-electron chi connectivity index (χ0n) is 17.6. The lowest BCUT2D eigenvalue weighted by molar-refractivity contribution is 0.803. The van der Waals surface area contributed by atoms with Crippen molar-refractivity contribution < 1.29 is 0 Å². The van der Waals surface area contributed by atoms with Crippen LogP contribution in [0, 0.1) is 0 Å². The molecule has 0 aliphatic carbocycles. The second-order valence-electron chi connectivity index (χ2n) is 8.08. The number of hydrogen-bond donors (Lipinski definition) is 0. The zero-order chi connectivity index (χ0) is 20.8. The van der Waals surface area contributed by atoms with Gasteiger partial charge < -0.3 is 0 Å². The van der Waals surface area contributed by atoms with Gasteiger partial charge in [0.25, 0.3) is 0 Å². The van der Waals surface area contributed by atoms with E-state index < -0.39 is 15.8 Å². The second-order valence-corrected chi connectivity index (χ2v) is 13.2. The Bertz CT molecular complexity index is 950. The lowest BCUT2D eigenvalue weighted by Gasteiger charge is -2.38. The Morgan fingerprint density at radius 1 is 0.467 bits per heavy atom. The molecule has 0 bridgehead atoms. The molecule has 4 aromatic rings. The minimum absolute atomic E-state index is 0.148. The molecular weight excluding hydrogens is 398 g/mol. The van der Waals surface area contributed by atoms with Gasteiger partial charge in [0.05, 0.1) is 0 Å². The molecule has 30 heavy (non-hydrogen) atoms. The lowest BCUT2D eigenvalue weighted by Crippen LogP contribution is -2.34. The molecule has 0 fully saturated rings. The van der Waals surface area contributed by atoms with Crippen molar-refractivity contribution in [1.82, 2.24) is 0 Å². The minimum Gasteiger partial charge on any atom is -0.0622 e. The van der Waals surface area contributed by atoms with Crippen LogP contribution in [0.25, 0.3) is 0 Å². The Balaban J connectivity index is 1.77. The summed E-state index contributed by atoms with van der Waals surface area (Å²) in [5.41, 5.74) is 0. The second kappa shape index (κ2) is 9.70. The van der Waals surface area contributed by atoms with Crippen LogP contribution in [0.1, 0.15) is 13.8 Å². The van der Waals surface area contributed by atoms with Crippen molar-refractivity contribution in [3.63, 3.8) is 0 Å². The van der Waals surface area contributed by atoms with Crippen molar-refractivity contribution in [2.24, 2.45) is 0 Å². The van der Waals surface area contributed by atoms with E-state index in [1.807, 2.05) is 0 Å². The molecule has 150 valence electrons. The molecule has 0 aliphatic heterocycles. The maximum atomic E-state index is 2.47. The van der Waals surface area contributed by atoms with Crippen molar-refractivity contribution in [1.29, 1.82) is 0 Å². The highest BCUT2D eigenvalue weighted by molar-refractivity contribution is 7.77. The number of benzene rings is 4. The Morgan fingerprint density at radius 2 is 0.767 bits per heavy atom. The van der Waals surface area contributed by atoms with Gasteiger partial charge in [0.2, 0.25) is 0 Å². The summed E-state index contributed by atoms with van der Waals surface area (Å²) in [4.78, 5) is 0. The first-order valence-electron chi connectivity index (χ1n) is 10.4. The van der Waals surface area contributed by atoms with Gasteiger partial charge in [-0.1, -0.05) is 135 Å². The van der Waals surface area contributed by atoms with E-state index in [1.165, 1.54) is 21.2 Å². The molecule has 0 heterocycles. The summed E-state index contributed by atoms with van der Waals surface area (Å²) in [6.07, 6.45) is 1.16. The van der Waals surface area contributed by atoms with Gasteiger partial charge in [0.15, 0.2) is 0 Å². The van der Waals surface area contributed by atoms with Gasteiger partial charge in [-0.25, -0.2) is 0 Å². The molecule has 0 saturated carbocycles. The summed E-state index contributed by atoms with van der Waals surface area (Å²) in [7, 11) is -0.927. The van der Waals surface area contributed by atoms with Crippen molar-refractivity contribution in [2.75, 3.05) is 6.16 Å². The van der Waals surface area contributed by atoms with Gasteiger partial charge in [-0.05, 0) is 48.4 Å². The van der Waals surface area contributed by atoms with E-state index in [-0.39, 0.29) is 5.16 Å². The third-order valence-electron chi connectivity index (χ3n) is 5.31. The maximum absolute atomic E-state index is 2.47. The molecule has 0 unspecified atom stereocenters.